The van der Waals surface area contributed by atoms with E-state index in [9.17, 15) is 26.7 Å². The molecule has 0 spiro atoms. The molecule has 2 atom stereocenters. The number of hydrogen-bond acceptors (Lipinski definition) is 6. The quantitative estimate of drug-likeness (QED) is 0.421. The molecule has 2 aliphatic heterocycles. The number of carbonyl (C=O) groups excluding carboxylic acids is 1. The summed E-state index contributed by atoms with van der Waals surface area (Å²) in [6.07, 6.45) is -5.29. The van der Waals surface area contributed by atoms with E-state index in [1.807, 2.05) is 0 Å². The number of nitrogens with zero attached hydrogens (tertiary/aromatic N) is 1. The molecule has 0 saturated carbocycles. The minimum absolute atomic E-state index is 0.0461. The van der Waals surface area contributed by atoms with Gasteiger partial charge in [-0.05, 0) is 24.3 Å². The highest BCUT2D eigenvalue weighted by molar-refractivity contribution is 5.95. The maximum Gasteiger partial charge on any atom is 0.522 e. The Balaban J connectivity index is 1.45. The van der Waals surface area contributed by atoms with Crippen molar-refractivity contribution in [2.24, 2.45) is 0 Å². The number of ether oxygens (including phenoxy) is 5. The number of rotatable bonds is 7. The second-order valence-corrected chi connectivity index (χ2v) is 7.92. The highest BCUT2D eigenvalue weighted by Gasteiger charge is 2.52. The largest absolute Gasteiger partial charge is 0.522 e. The molecule has 0 radical (unpaired) electrons. The number of carbonyl (C=O) groups is 1. The minimum atomic E-state index is -4.76. The topological polar surface area (TPSA) is 66.5 Å². The molecule has 0 unspecified atom stereocenters. The number of fused-ring (bicyclic) bond motifs is 1. The van der Waals surface area contributed by atoms with Gasteiger partial charge in [0.25, 0.3) is 5.91 Å². The van der Waals surface area contributed by atoms with Crippen LogP contribution in [0.1, 0.15) is 22.3 Å². The van der Waals surface area contributed by atoms with Crippen LogP contribution in [0, 0.1) is 11.6 Å². The Morgan fingerprint density at radius 1 is 1.17 bits per heavy atom. The maximum atomic E-state index is 14.6. The molecule has 7 nitrogen and oxygen atoms in total. The summed E-state index contributed by atoms with van der Waals surface area (Å²) in [5.74, 6) is -2.09. The fourth-order valence-electron chi connectivity index (χ4n) is 4.29. The predicted octanol–water partition coefficient (Wildman–Crippen LogP) is 4.00. The van der Waals surface area contributed by atoms with Gasteiger partial charge in [-0.2, -0.15) is 0 Å². The van der Waals surface area contributed by atoms with Gasteiger partial charge in [-0.1, -0.05) is 12.1 Å². The van der Waals surface area contributed by atoms with Crippen LogP contribution in [0.25, 0.3) is 0 Å². The van der Waals surface area contributed by atoms with Gasteiger partial charge in [0.05, 0.1) is 20.3 Å². The SMILES string of the molecule is COc1cc(C(=O)N2CC[C@]3(c4cccc(F)c4F)OCO[C@@H]3C2)ccc1OCCOC(F)(F)F. The zero-order valence-corrected chi connectivity index (χ0v) is 18.6. The van der Waals surface area contributed by atoms with Crippen molar-refractivity contribution in [3.8, 4) is 11.5 Å². The van der Waals surface area contributed by atoms with Crippen molar-refractivity contribution in [2.75, 3.05) is 40.2 Å². The van der Waals surface area contributed by atoms with Crippen molar-refractivity contribution >= 4 is 5.91 Å². The lowest BCUT2D eigenvalue weighted by Gasteiger charge is -2.42. The van der Waals surface area contributed by atoms with E-state index in [1.54, 1.807) is 0 Å². The van der Waals surface area contributed by atoms with Crippen LogP contribution >= 0.6 is 0 Å². The lowest BCUT2D eigenvalue weighted by atomic mass is 9.81. The summed E-state index contributed by atoms with van der Waals surface area (Å²) in [5.41, 5.74) is -0.925. The monoisotopic (exact) mass is 503 g/mol. The Kier molecular flexibility index (Phi) is 7.15. The van der Waals surface area contributed by atoms with Gasteiger partial charge >= 0.3 is 6.36 Å². The molecule has 2 aliphatic rings. The lowest BCUT2D eigenvalue weighted by molar-refractivity contribution is -0.325. The normalized spacial score (nSPS) is 22.1. The highest BCUT2D eigenvalue weighted by atomic mass is 19.4. The van der Waals surface area contributed by atoms with Gasteiger partial charge in [0.15, 0.2) is 23.1 Å². The van der Waals surface area contributed by atoms with E-state index in [1.165, 1.54) is 42.3 Å². The molecule has 2 fully saturated rings. The van der Waals surface area contributed by atoms with Crippen LogP contribution in [0.5, 0.6) is 11.5 Å². The summed E-state index contributed by atoms with van der Waals surface area (Å²) >= 11 is 0. The third-order valence-electron chi connectivity index (χ3n) is 5.96. The third kappa shape index (κ3) is 5.19. The maximum absolute atomic E-state index is 14.6. The van der Waals surface area contributed by atoms with Crippen molar-refractivity contribution in [2.45, 2.75) is 24.5 Å². The Labute approximate surface area is 197 Å². The fourth-order valence-corrected chi connectivity index (χ4v) is 4.29. The van der Waals surface area contributed by atoms with Gasteiger partial charge < -0.3 is 23.8 Å². The van der Waals surface area contributed by atoms with Crippen molar-refractivity contribution < 1.29 is 50.4 Å². The summed E-state index contributed by atoms with van der Waals surface area (Å²) in [6.45, 7) is -0.958. The minimum Gasteiger partial charge on any atom is -0.493 e. The highest BCUT2D eigenvalue weighted by Crippen LogP contribution is 2.44. The molecule has 4 rings (SSSR count). The summed E-state index contributed by atoms with van der Waals surface area (Å²) < 4.78 is 90.2. The first-order valence-electron chi connectivity index (χ1n) is 10.7. The average molecular weight is 503 g/mol. The van der Waals surface area contributed by atoms with Crippen LogP contribution in [-0.4, -0.2) is 63.5 Å². The van der Waals surface area contributed by atoms with Crippen molar-refractivity contribution in [3.05, 3.63) is 59.2 Å². The molecule has 0 aromatic heterocycles. The number of methoxy groups -OCH3 is 1. The molecule has 0 N–H and O–H groups in total. The second-order valence-electron chi connectivity index (χ2n) is 7.92. The number of alkyl halides is 3. The average Bonchev–Trinajstić information content (AvgIpc) is 3.26. The third-order valence-corrected chi connectivity index (χ3v) is 5.96. The summed E-state index contributed by atoms with van der Waals surface area (Å²) in [6, 6.07) is 8.12. The molecule has 2 saturated heterocycles. The number of likely N-dealkylation sites (tertiary alicyclic amines) is 1. The van der Waals surface area contributed by atoms with Crippen molar-refractivity contribution in [1.29, 1.82) is 0 Å². The van der Waals surface area contributed by atoms with Gasteiger partial charge in [-0.25, -0.2) is 8.78 Å². The molecule has 2 aromatic carbocycles. The number of piperidine rings is 1. The molecule has 2 heterocycles. The predicted molar refractivity (Wildman–Crippen MR) is 110 cm³/mol. The summed E-state index contributed by atoms with van der Waals surface area (Å²) in [4.78, 5) is 14.7. The van der Waals surface area contributed by atoms with E-state index in [0.29, 0.717) is 0 Å². The van der Waals surface area contributed by atoms with Gasteiger partial charge in [0.2, 0.25) is 0 Å². The Hall–Kier alpha value is -2.96. The molecule has 2 aromatic rings. The van der Waals surface area contributed by atoms with E-state index >= 15 is 0 Å². The number of amides is 1. The number of hydrogen-bond donors (Lipinski definition) is 0. The lowest BCUT2D eigenvalue weighted by Crippen LogP contribution is -2.54. The zero-order chi connectivity index (χ0) is 25.2. The van der Waals surface area contributed by atoms with Gasteiger partial charge in [-0.15, -0.1) is 13.2 Å². The van der Waals surface area contributed by atoms with Crippen LogP contribution < -0.4 is 9.47 Å². The van der Waals surface area contributed by atoms with E-state index in [-0.39, 0.29) is 61.4 Å². The second kappa shape index (κ2) is 9.96. The van der Waals surface area contributed by atoms with Crippen LogP contribution in [0.4, 0.5) is 22.0 Å². The van der Waals surface area contributed by atoms with E-state index in [0.717, 1.165) is 6.07 Å². The van der Waals surface area contributed by atoms with Crippen molar-refractivity contribution in [1.82, 2.24) is 4.90 Å². The first-order valence-corrected chi connectivity index (χ1v) is 10.7. The van der Waals surface area contributed by atoms with E-state index in [4.69, 9.17) is 18.9 Å². The molecule has 12 heteroatoms. The van der Waals surface area contributed by atoms with E-state index in [2.05, 4.69) is 4.74 Å². The smallest absolute Gasteiger partial charge is 0.493 e. The molecule has 1 amide bonds. The van der Waals surface area contributed by atoms with Crippen LogP contribution in [0.15, 0.2) is 36.4 Å². The Bertz CT molecular complexity index is 1080. The molecule has 35 heavy (non-hydrogen) atoms. The number of benzene rings is 2. The van der Waals surface area contributed by atoms with Crippen LogP contribution in [-0.2, 0) is 19.8 Å². The fraction of sp³-hybridized carbons (Fsp3) is 0.435. The number of halogens is 5. The zero-order valence-electron chi connectivity index (χ0n) is 18.6. The van der Waals surface area contributed by atoms with Gasteiger partial charge in [0, 0.05) is 24.1 Å². The first kappa shape index (κ1) is 25.1. The standard InChI is InChI=1S/C23H22F5NO6/c1-31-18-11-14(5-6-17(18)32-9-10-34-23(26,27)28)21(30)29-8-7-22(19(12-29)33-13-35-22)15-3-2-4-16(24)20(15)25/h2-6,11,19H,7-10,12-13H2,1H3/t19-,22-/m1/s1. The van der Waals surface area contributed by atoms with Crippen LogP contribution in [0.2, 0.25) is 0 Å². The van der Waals surface area contributed by atoms with Crippen LogP contribution in [0.3, 0.4) is 0 Å². The first-order chi connectivity index (χ1) is 16.6. The van der Waals surface area contributed by atoms with Gasteiger partial charge in [-0.3, -0.25) is 9.53 Å². The summed E-state index contributed by atoms with van der Waals surface area (Å²) in [7, 11) is 1.33. The molecular formula is C23H22F5NO6. The van der Waals surface area contributed by atoms with Gasteiger partial charge in [0.1, 0.15) is 25.1 Å². The molecule has 0 aliphatic carbocycles. The van der Waals surface area contributed by atoms with Crippen molar-refractivity contribution in [3.63, 3.8) is 0 Å². The molecule has 0 bridgehead atoms. The molecular weight excluding hydrogens is 481 g/mol. The van der Waals surface area contributed by atoms with E-state index < -0.39 is 36.3 Å². The Morgan fingerprint density at radius 3 is 2.71 bits per heavy atom. The Morgan fingerprint density at radius 2 is 1.97 bits per heavy atom. The molecule has 190 valence electrons. The summed E-state index contributed by atoms with van der Waals surface area (Å²) in [5, 5.41) is 0.